The summed E-state index contributed by atoms with van der Waals surface area (Å²) >= 11 is 0. The highest BCUT2D eigenvalue weighted by Gasteiger charge is 2.46. The molecule has 0 amide bonds. The third-order valence-electron chi connectivity index (χ3n) is 24.7. The first-order valence-corrected chi connectivity index (χ1v) is 54.8. The molecule has 0 fully saturated rings. The van der Waals surface area contributed by atoms with Crippen LogP contribution in [0.3, 0.4) is 0 Å². The standard InChI is InChI=1S/3C21H18N2Si.2C20H16N2Si/c1-14-18(22-2)12-11-16-15-8-7-9-17(19-10-5-6-13-23-19)21(15)24(3,4)20(14)16;1-14-11-12-16-15-8-7-9-17(18-10-5-6-13-23-18)20(15)24(3,4)21(16)19(14)22-2;1-14-12-17-15-8-7-9-16(18-10-5-6-11-23-18)21(15)24(3,4)20(17)13-19(14)22-2;1-23(2)18-11-5-7-14(13-21)19(18)16-9-6-8-15(20(16)23)17-10-3-4-12-22-17;1-23(2)18-9-4-3-7-16(18)19-14(13-21)10-11-15(20(19)23)17-8-5-6-12-22-17/h3*5-13H,1,3-4H3;2*3-12H,1-2H3. The lowest BCUT2D eigenvalue weighted by molar-refractivity contribution is 1.33. The Bertz CT molecular complexity index is 6780. The Kier molecular flexibility index (Phi) is 20.5. The second kappa shape index (κ2) is 30.9. The van der Waals surface area contributed by atoms with Gasteiger partial charge in [0.2, 0.25) is 0 Å². The normalized spacial score (nSPS) is 13.9. The molecule has 5 aliphatic rings. The second-order valence-electron chi connectivity index (χ2n) is 33.3. The van der Waals surface area contributed by atoms with Crippen LogP contribution in [0.4, 0.5) is 17.1 Å². The lowest BCUT2D eigenvalue weighted by atomic mass is 9.96. The maximum absolute atomic E-state index is 9.61. The molecule has 0 bridgehead atoms. The summed E-state index contributed by atoms with van der Waals surface area (Å²) in [7, 11) is -9.40. The molecule has 0 unspecified atom stereocenters. The average Bonchev–Trinajstić information content (AvgIpc) is 1.25. The smallest absolute Gasteiger partial charge is 0.190 e. The maximum Gasteiger partial charge on any atom is 0.190 e. The number of pyridine rings is 5. The van der Waals surface area contributed by atoms with E-state index in [0.29, 0.717) is 0 Å². The lowest BCUT2D eigenvalue weighted by Crippen LogP contribution is -2.51. The van der Waals surface area contributed by atoms with Crippen molar-refractivity contribution < 1.29 is 0 Å². The molecule has 5 aliphatic heterocycles. The molecule has 568 valence electrons. The van der Waals surface area contributed by atoms with Gasteiger partial charge in [0, 0.05) is 58.8 Å². The zero-order valence-electron chi connectivity index (χ0n) is 68.6. The van der Waals surface area contributed by atoms with Gasteiger partial charge in [-0.15, -0.1) is 0 Å². The Hall–Kier alpha value is -13.5. The van der Waals surface area contributed by atoms with Crippen molar-refractivity contribution >= 4 is 109 Å². The lowest BCUT2D eigenvalue weighted by Gasteiger charge is -2.23. The van der Waals surface area contributed by atoms with Gasteiger partial charge < -0.3 is 0 Å². The van der Waals surface area contributed by atoms with Crippen LogP contribution in [0, 0.1) is 63.1 Å². The van der Waals surface area contributed by atoms with Gasteiger partial charge in [-0.05, 0) is 207 Å². The van der Waals surface area contributed by atoms with Crippen molar-refractivity contribution in [3.63, 3.8) is 0 Å². The van der Waals surface area contributed by atoms with E-state index in [-0.39, 0.29) is 0 Å². The topological polar surface area (TPSA) is 125 Å². The molecular formula is C103H86N10Si5. The van der Waals surface area contributed by atoms with Crippen molar-refractivity contribution in [3.8, 4) is 124 Å². The molecule has 20 rings (SSSR count). The Balaban J connectivity index is 0.000000110. The number of nitriles is 2. The maximum atomic E-state index is 9.61. The van der Waals surface area contributed by atoms with E-state index in [1.54, 1.807) is 0 Å². The third-order valence-corrected chi connectivity index (χ3v) is 42.6. The zero-order chi connectivity index (χ0) is 82.7. The number of nitrogens with zero attached hydrogens (tertiary/aromatic N) is 10. The summed E-state index contributed by atoms with van der Waals surface area (Å²) in [6, 6.07) is 92.4. The molecule has 10 heterocycles. The summed E-state index contributed by atoms with van der Waals surface area (Å²) in [5.74, 6) is 0. The summed E-state index contributed by atoms with van der Waals surface area (Å²) in [6.45, 7) is 52.5. The van der Waals surface area contributed by atoms with Crippen LogP contribution < -0.4 is 51.9 Å². The molecule has 0 N–H and O–H groups in total. The fourth-order valence-corrected chi connectivity index (χ4v) is 37.6. The average molecular weight is 1600 g/mol. The van der Waals surface area contributed by atoms with Gasteiger partial charge in [-0.1, -0.05) is 258 Å². The molecule has 15 aromatic rings. The number of aryl methyl sites for hydroxylation is 2. The van der Waals surface area contributed by atoms with E-state index >= 15 is 0 Å². The minimum atomic E-state index is -1.96. The van der Waals surface area contributed by atoms with Crippen molar-refractivity contribution in [1.29, 1.82) is 10.5 Å². The van der Waals surface area contributed by atoms with Gasteiger partial charge in [0.15, 0.2) is 17.1 Å². The molecule has 10 aromatic carbocycles. The molecule has 0 saturated heterocycles. The van der Waals surface area contributed by atoms with E-state index in [9.17, 15) is 10.5 Å². The zero-order valence-corrected chi connectivity index (χ0v) is 73.6. The van der Waals surface area contributed by atoms with Gasteiger partial charge in [-0.25, -0.2) is 14.5 Å². The summed E-state index contributed by atoms with van der Waals surface area (Å²) in [5, 5.41) is 33.0. The van der Waals surface area contributed by atoms with Gasteiger partial charge in [-0.3, -0.25) is 24.9 Å². The van der Waals surface area contributed by atoms with E-state index in [4.69, 9.17) is 19.7 Å². The number of aromatic nitrogens is 5. The second-order valence-corrected chi connectivity index (χ2v) is 54.7. The molecule has 0 radical (unpaired) electrons. The van der Waals surface area contributed by atoms with Crippen LogP contribution in [0.25, 0.3) is 126 Å². The summed E-state index contributed by atoms with van der Waals surface area (Å²) < 4.78 is 0. The molecule has 10 nitrogen and oxygen atoms in total. The highest BCUT2D eigenvalue weighted by atomic mass is 28.3. The summed E-state index contributed by atoms with van der Waals surface area (Å²) in [4.78, 5) is 34.2. The highest BCUT2D eigenvalue weighted by Crippen LogP contribution is 2.42. The fraction of sp³-hybridized carbons (Fsp3) is 0.126. The van der Waals surface area contributed by atoms with E-state index in [1.165, 1.54) is 124 Å². The van der Waals surface area contributed by atoms with E-state index in [1.807, 2.05) is 130 Å². The van der Waals surface area contributed by atoms with Crippen molar-refractivity contribution in [3.05, 3.63) is 348 Å². The number of benzene rings is 10. The summed E-state index contributed by atoms with van der Waals surface area (Å²) in [5.41, 5.74) is 30.9. The van der Waals surface area contributed by atoms with E-state index < -0.39 is 40.4 Å². The first kappa shape index (κ1) is 78.4. The van der Waals surface area contributed by atoms with Gasteiger partial charge in [0.1, 0.15) is 40.4 Å². The van der Waals surface area contributed by atoms with Crippen molar-refractivity contribution in [1.82, 2.24) is 24.9 Å². The number of hydrogen-bond donors (Lipinski definition) is 0. The first-order chi connectivity index (χ1) is 56.9. The largest absolute Gasteiger partial charge is 0.256 e. The fourth-order valence-electron chi connectivity index (χ4n) is 19.5. The van der Waals surface area contributed by atoms with Gasteiger partial charge in [0.05, 0.1) is 71.5 Å². The monoisotopic (exact) mass is 1600 g/mol. The van der Waals surface area contributed by atoms with Gasteiger partial charge in [0.25, 0.3) is 0 Å². The van der Waals surface area contributed by atoms with Crippen molar-refractivity contribution in [2.75, 3.05) is 0 Å². The van der Waals surface area contributed by atoms with Crippen LogP contribution in [0.5, 0.6) is 0 Å². The molecule has 0 spiro atoms. The van der Waals surface area contributed by atoms with Gasteiger partial charge >= 0.3 is 0 Å². The van der Waals surface area contributed by atoms with Crippen LogP contribution >= 0.6 is 0 Å². The molecule has 15 heteroatoms. The predicted molar refractivity (Wildman–Crippen MR) is 502 cm³/mol. The van der Waals surface area contributed by atoms with Crippen LogP contribution in [0.1, 0.15) is 27.8 Å². The molecule has 5 aromatic heterocycles. The molecule has 0 atom stereocenters. The SMILES string of the molecule is C[Si]1(C)c2cccc(C#N)c2-c2cccc(-c3ccccn3)c21.C[Si]1(C)c2ccccc2-c2c(C#N)ccc(-c3ccccn3)c21.[C-]#[N+]c1c(C)ccc2c1[Si](C)(C)c1c(-c3ccccn3)cccc1-2.[C-]#[N+]c1cc2c(cc1C)-c1cccc(-c3ccccn3)c1[Si]2(C)C.[C-]#[N+]c1ccc2c(c1C)[Si](C)(C)c1c(-c3ccccn3)cccc1-2. The number of fused-ring (bicyclic) bond motifs is 15. The van der Waals surface area contributed by atoms with E-state index in [0.717, 1.165) is 84.5 Å². The van der Waals surface area contributed by atoms with Crippen molar-refractivity contribution in [2.24, 2.45) is 0 Å². The summed E-state index contributed by atoms with van der Waals surface area (Å²) in [6.07, 6.45) is 9.23. The van der Waals surface area contributed by atoms with Crippen LogP contribution in [0.15, 0.2) is 286 Å². The molecular weight excluding hydrogens is 1520 g/mol. The Morgan fingerprint density at radius 3 is 1.09 bits per heavy atom. The predicted octanol–water partition coefficient (Wildman–Crippen LogP) is 20.1. The Labute approximate surface area is 697 Å². The molecule has 118 heavy (non-hydrogen) atoms. The number of hydrogen-bond acceptors (Lipinski definition) is 7. The first-order valence-electron chi connectivity index (χ1n) is 39.8. The van der Waals surface area contributed by atoms with Crippen molar-refractivity contribution in [2.45, 2.75) is 86.2 Å². The number of rotatable bonds is 5. The van der Waals surface area contributed by atoms with Crippen LogP contribution in [0.2, 0.25) is 65.5 Å². The minimum Gasteiger partial charge on any atom is -0.256 e. The van der Waals surface area contributed by atoms with Crippen LogP contribution in [-0.2, 0) is 0 Å². The van der Waals surface area contributed by atoms with E-state index in [2.05, 4.69) is 294 Å². The minimum absolute atomic E-state index is 0.769. The third kappa shape index (κ3) is 13.0. The Morgan fingerprint density at radius 1 is 0.263 bits per heavy atom. The molecule has 0 saturated carbocycles. The van der Waals surface area contributed by atoms with Gasteiger partial charge in [-0.2, -0.15) is 10.5 Å². The molecule has 0 aliphatic carbocycles. The Morgan fingerprint density at radius 2 is 0.619 bits per heavy atom. The van der Waals surface area contributed by atoms with Crippen LogP contribution in [-0.4, -0.2) is 65.3 Å². The highest BCUT2D eigenvalue weighted by molar-refractivity contribution is 7.07. The quantitative estimate of drug-likeness (QED) is 0.124.